The van der Waals surface area contributed by atoms with Crippen molar-refractivity contribution in [2.24, 2.45) is 0 Å². The Bertz CT molecular complexity index is 1050. The van der Waals surface area contributed by atoms with Crippen LogP contribution in [0.2, 0.25) is 0 Å². The zero-order valence-electron chi connectivity index (χ0n) is 14.7. The third-order valence-electron chi connectivity index (χ3n) is 4.13. The van der Waals surface area contributed by atoms with E-state index in [4.69, 9.17) is 9.05 Å². The summed E-state index contributed by atoms with van der Waals surface area (Å²) >= 11 is 0. The third-order valence-corrected chi connectivity index (χ3v) is 4.13. The van der Waals surface area contributed by atoms with Crippen molar-refractivity contribution in [3.63, 3.8) is 0 Å². The van der Waals surface area contributed by atoms with Gasteiger partial charge in [0.05, 0.1) is 6.54 Å². The summed E-state index contributed by atoms with van der Waals surface area (Å²) in [6, 6.07) is 20.9. The third kappa shape index (κ3) is 3.79. The van der Waals surface area contributed by atoms with Crippen LogP contribution in [0.5, 0.6) is 0 Å². The lowest BCUT2D eigenvalue weighted by Crippen LogP contribution is -2.23. The van der Waals surface area contributed by atoms with Gasteiger partial charge in [0.1, 0.15) is 5.69 Å². The van der Waals surface area contributed by atoms with Crippen molar-refractivity contribution in [3.05, 3.63) is 83.7 Å². The Hall–Kier alpha value is -3.67. The van der Waals surface area contributed by atoms with Crippen molar-refractivity contribution in [2.75, 3.05) is 0 Å². The molecular formula is C21H17N3O3. The predicted octanol–water partition coefficient (Wildman–Crippen LogP) is 4.24. The van der Waals surface area contributed by atoms with Gasteiger partial charge >= 0.3 is 0 Å². The van der Waals surface area contributed by atoms with E-state index in [0.717, 1.165) is 11.1 Å². The second-order valence-electron chi connectivity index (χ2n) is 6.17. The summed E-state index contributed by atoms with van der Waals surface area (Å²) in [5.74, 6) is 0.872. The zero-order valence-corrected chi connectivity index (χ0v) is 14.7. The second-order valence-corrected chi connectivity index (χ2v) is 6.17. The van der Waals surface area contributed by atoms with Crippen LogP contribution in [0, 0.1) is 6.92 Å². The van der Waals surface area contributed by atoms with Gasteiger partial charge in [-0.2, -0.15) is 0 Å². The average Bonchev–Trinajstić information content (AvgIpc) is 3.37. The lowest BCUT2D eigenvalue weighted by atomic mass is 10.1. The number of hydrogen-bond donors (Lipinski definition) is 1. The highest BCUT2D eigenvalue weighted by atomic mass is 16.5. The maximum Gasteiger partial charge on any atom is 0.273 e. The molecule has 0 aliphatic heterocycles. The topological polar surface area (TPSA) is 81.2 Å². The fourth-order valence-corrected chi connectivity index (χ4v) is 2.63. The molecule has 0 unspecified atom stereocenters. The number of aromatic nitrogens is 2. The molecule has 27 heavy (non-hydrogen) atoms. The van der Waals surface area contributed by atoms with E-state index < -0.39 is 0 Å². The molecule has 134 valence electrons. The number of aryl methyl sites for hydroxylation is 1. The Labute approximate surface area is 155 Å². The monoisotopic (exact) mass is 359 g/mol. The Balaban J connectivity index is 1.40. The SMILES string of the molecule is Cc1ccc(-c2cc(CNC(=O)c3cc(-c4ccccc4)on3)no2)cc1. The molecular weight excluding hydrogens is 342 g/mol. The van der Waals surface area contributed by atoms with Gasteiger partial charge in [0.15, 0.2) is 17.2 Å². The summed E-state index contributed by atoms with van der Waals surface area (Å²) < 4.78 is 10.6. The molecule has 0 saturated heterocycles. The summed E-state index contributed by atoms with van der Waals surface area (Å²) in [5, 5.41) is 10.6. The fourth-order valence-electron chi connectivity index (χ4n) is 2.63. The van der Waals surface area contributed by atoms with E-state index in [1.54, 1.807) is 6.07 Å². The van der Waals surface area contributed by atoms with Crippen LogP contribution >= 0.6 is 0 Å². The molecule has 2 heterocycles. The number of carbonyl (C=O) groups is 1. The molecule has 1 N–H and O–H groups in total. The fraction of sp³-hybridized carbons (Fsp3) is 0.0952. The first-order chi connectivity index (χ1) is 13.2. The van der Waals surface area contributed by atoms with Gasteiger partial charge in [0, 0.05) is 23.3 Å². The van der Waals surface area contributed by atoms with Crippen LogP contribution in [0.15, 0.2) is 75.8 Å². The molecule has 0 radical (unpaired) electrons. The first-order valence-electron chi connectivity index (χ1n) is 8.52. The number of amides is 1. The molecule has 0 atom stereocenters. The summed E-state index contributed by atoms with van der Waals surface area (Å²) in [6.07, 6.45) is 0. The van der Waals surface area contributed by atoms with Gasteiger partial charge in [0.25, 0.3) is 5.91 Å². The number of nitrogens with zero attached hydrogens (tertiary/aromatic N) is 2. The van der Waals surface area contributed by atoms with Crippen LogP contribution in [0.25, 0.3) is 22.6 Å². The van der Waals surface area contributed by atoms with Gasteiger partial charge in [-0.25, -0.2) is 0 Å². The lowest BCUT2D eigenvalue weighted by molar-refractivity contribution is 0.0941. The molecule has 1 amide bonds. The average molecular weight is 359 g/mol. The molecule has 0 spiro atoms. The maximum absolute atomic E-state index is 12.3. The normalized spacial score (nSPS) is 10.7. The number of benzene rings is 2. The minimum atomic E-state index is -0.333. The number of hydrogen-bond acceptors (Lipinski definition) is 5. The Morgan fingerprint density at radius 1 is 0.889 bits per heavy atom. The predicted molar refractivity (Wildman–Crippen MR) is 99.8 cm³/mol. The van der Waals surface area contributed by atoms with E-state index in [0.29, 0.717) is 17.2 Å². The van der Waals surface area contributed by atoms with Crippen LogP contribution in [-0.2, 0) is 6.54 Å². The molecule has 4 rings (SSSR count). The van der Waals surface area contributed by atoms with Crippen LogP contribution in [0.1, 0.15) is 21.7 Å². The Kier molecular flexibility index (Phi) is 4.53. The molecule has 2 aromatic heterocycles. The number of carbonyl (C=O) groups excluding carboxylic acids is 1. The Morgan fingerprint density at radius 3 is 2.33 bits per heavy atom. The van der Waals surface area contributed by atoms with Crippen molar-refractivity contribution in [3.8, 4) is 22.6 Å². The Morgan fingerprint density at radius 2 is 1.56 bits per heavy atom. The molecule has 0 aliphatic carbocycles. The summed E-state index contributed by atoms with van der Waals surface area (Å²) in [5.41, 5.74) is 3.83. The minimum Gasteiger partial charge on any atom is -0.356 e. The molecule has 0 aliphatic rings. The zero-order chi connectivity index (χ0) is 18.6. The molecule has 0 saturated carbocycles. The van der Waals surface area contributed by atoms with Gasteiger partial charge in [-0.15, -0.1) is 0 Å². The van der Waals surface area contributed by atoms with Crippen molar-refractivity contribution < 1.29 is 13.8 Å². The first-order valence-corrected chi connectivity index (χ1v) is 8.52. The smallest absolute Gasteiger partial charge is 0.273 e. The molecule has 0 bridgehead atoms. The van der Waals surface area contributed by atoms with Crippen LogP contribution in [0.4, 0.5) is 0 Å². The van der Waals surface area contributed by atoms with Crippen molar-refractivity contribution in [2.45, 2.75) is 13.5 Å². The van der Waals surface area contributed by atoms with Crippen molar-refractivity contribution in [1.82, 2.24) is 15.6 Å². The van der Waals surface area contributed by atoms with E-state index in [1.165, 1.54) is 5.56 Å². The molecule has 2 aromatic carbocycles. The van der Waals surface area contributed by atoms with Crippen molar-refractivity contribution in [1.29, 1.82) is 0 Å². The standard InChI is InChI=1S/C21H17N3O3/c1-14-7-9-16(10-8-14)19-11-17(23-26-19)13-22-21(25)18-12-20(27-24-18)15-5-3-2-4-6-15/h2-12H,13H2,1H3,(H,22,25). The highest BCUT2D eigenvalue weighted by Crippen LogP contribution is 2.21. The molecule has 6 nitrogen and oxygen atoms in total. The van der Waals surface area contributed by atoms with Crippen molar-refractivity contribution >= 4 is 5.91 Å². The highest BCUT2D eigenvalue weighted by Gasteiger charge is 2.14. The van der Waals surface area contributed by atoms with E-state index in [-0.39, 0.29) is 18.1 Å². The van der Waals surface area contributed by atoms with Crippen LogP contribution < -0.4 is 5.32 Å². The largest absolute Gasteiger partial charge is 0.356 e. The lowest BCUT2D eigenvalue weighted by Gasteiger charge is -1.98. The summed E-state index contributed by atoms with van der Waals surface area (Å²) in [4.78, 5) is 12.3. The van der Waals surface area contributed by atoms with E-state index in [1.807, 2.05) is 67.6 Å². The quantitative estimate of drug-likeness (QED) is 0.576. The van der Waals surface area contributed by atoms with E-state index in [9.17, 15) is 4.79 Å². The van der Waals surface area contributed by atoms with Gasteiger partial charge in [-0.1, -0.05) is 70.5 Å². The number of rotatable bonds is 5. The molecule has 6 heteroatoms. The molecule has 0 fully saturated rings. The number of nitrogens with one attached hydrogen (secondary N) is 1. The van der Waals surface area contributed by atoms with Crippen LogP contribution in [0.3, 0.4) is 0 Å². The maximum atomic E-state index is 12.3. The first kappa shape index (κ1) is 16.8. The van der Waals surface area contributed by atoms with Crippen LogP contribution in [-0.4, -0.2) is 16.2 Å². The van der Waals surface area contributed by atoms with E-state index >= 15 is 0 Å². The minimum absolute atomic E-state index is 0.219. The van der Waals surface area contributed by atoms with Gasteiger partial charge in [-0.3, -0.25) is 4.79 Å². The van der Waals surface area contributed by atoms with Gasteiger partial charge < -0.3 is 14.4 Å². The summed E-state index contributed by atoms with van der Waals surface area (Å²) in [6.45, 7) is 2.26. The molecule has 4 aromatic rings. The van der Waals surface area contributed by atoms with Gasteiger partial charge in [-0.05, 0) is 6.92 Å². The highest BCUT2D eigenvalue weighted by molar-refractivity contribution is 5.93. The van der Waals surface area contributed by atoms with Gasteiger partial charge in [0.2, 0.25) is 0 Å². The second kappa shape index (κ2) is 7.29. The summed E-state index contributed by atoms with van der Waals surface area (Å²) in [7, 11) is 0. The van der Waals surface area contributed by atoms with E-state index in [2.05, 4.69) is 15.6 Å².